The minimum atomic E-state index is -0.157. The molecule has 0 fully saturated rings. The lowest BCUT2D eigenvalue weighted by Gasteiger charge is -2.11. The lowest BCUT2D eigenvalue weighted by Crippen LogP contribution is -2.11. The fourth-order valence-corrected chi connectivity index (χ4v) is 2.69. The van der Waals surface area contributed by atoms with Crippen molar-refractivity contribution in [3.63, 3.8) is 0 Å². The Kier molecular flexibility index (Phi) is 3.68. The Hall–Kier alpha value is -1.88. The highest BCUT2D eigenvalue weighted by atomic mass is 35.5. The highest BCUT2D eigenvalue weighted by Crippen LogP contribution is 2.26. The average molecular weight is 304 g/mol. The Labute approximate surface area is 128 Å². The largest absolute Gasteiger partial charge is 0.319 e. The predicted molar refractivity (Wildman–Crippen MR) is 83.5 cm³/mol. The van der Waals surface area contributed by atoms with Crippen LogP contribution in [0.5, 0.6) is 0 Å². The van der Waals surface area contributed by atoms with Crippen molar-refractivity contribution in [2.75, 3.05) is 0 Å². The Morgan fingerprint density at radius 3 is 2.86 bits per heavy atom. The van der Waals surface area contributed by atoms with Crippen molar-refractivity contribution in [1.29, 1.82) is 0 Å². The zero-order valence-corrected chi connectivity index (χ0v) is 13.2. The summed E-state index contributed by atoms with van der Waals surface area (Å²) >= 11 is 6.31. The number of imidazole rings is 1. The van der Waals surface area contributed by atoms with Gasteiger partial charge in [0, 0.05) is 6.54 Å². The van der Waals surface area contributed by atoms with E-state index in [1.165, 1.54) is 5.56 Å². The molecule has 0 saturated carbocycles. The standard InChI is InChI=1S/C15H18ClN5/c1-4-20-9-17-19-14(20)8-21-13-7-10(2)5-6-12(13)18-15(21)11(3)16/h5-7,9,11H,4,8H2,1-3H3. The molecule has 0 amide bonds. The molecule has 5 nitrogen and oxygen atoms in total. The van der Waals surface area contributed by atoms with E-state index in [1.807, 2.05) is 17.6 Å². The molecule has 1 atom stereocenters. The van der Waals surface area contributed by atoms with Crippen LogP contribution in [0.1, 0.15) is 36.4 Å². The number of nitrogens with zero attached hydrogens (tertiary/aromatic N) is 5. The van der Waals surface area contributed by atoms with E-state index in [2.05, 4.69) is 45.7 Å². The number of hydrogen-bond acceptors (Lipinski definition) is 3. The van der Waals surface area contributed by atoms with Crippen molar-refractivity contribution in [3.8, 4) is 0 Å². The van der Waals surface area contributed by atoms with Gasteiger partial charge in [-0.1, -0.05) is 6.07 Å². The van der Waals surface area contributed by atoms with Gasteiger partial charge in [0.05, 0.1) is 23.0 Å². The minimum Gasteiger partial charge on any atom is -0.319 e. The molecule has 2 heterocycles. The summed E-state index contributed by atoms with van der Waals surface area (Å²) in [4.78, 5) is 4.66. The van der Waals surface area contributed by atoms with Crippen molar-refractivity contribution in [3.05, 3.63) is 41.7 Å². The third-order valence-electron chi connectivity index (χ3n) is 3.63. The monoisotopic (exact) mass is 303 g/mol. The quantitative estimate of drug-likeness (QED) is 0.695. The average Bonchev–Trinajstić information content (AvgIpc) is 3.04. The number of rotatable bonds is 4. The van der Waals surface area contributed by atoms with E-state index < -0.39 is 0 Å². The van der Waals surface area contributed by atoms with Crippen molar-refractivity contribution >= 4 is 22.6 Å². The van der Waals surface area contributed by atoms with Crippen LogP contribution in [-0.4, -0.2) is 24.3 Å². The Balaban J connectivity index is 2.15. The molecule has 0 aliphatic heterocycles. The molecule has 0 aliphatic carbocycles. The molecule has 2 aromatic heterocycles. The first-order valence-corrected chi connectivity index (χ1v) is 7.51. The second-order valence-corrected chi connectivity index (χ2v) is 5.85. The van der Waals surface area contributed by atoms with Crippen LogP contribution in [0.2, 0.25) is 0 Å². The van der Waals surface area contributed by atoms with Gasteiger partial charge >= 0.3 is 0 Å². The molecule has 0 radical (unpaired) electrons. The highest BCUT2D eigenvalue weighted by Gasteiger charge is 2.17. The molecule has 110 valence electrons. The molecular weight excluding hydrogens is 286 g/mol. The second-order valence-electron chi connectivity index (χ2n) is 5.20. The first-order chi connectivity index (χ1) is 10.1. The lowest BCUT2D eigenvalue weighted by atomic mass is 10.2. The molecule has 3 aromatic rings. The van der Waals surface area contributed by atoms with Gasteiger partial charge in [-0.05, 0) is 38.5 Å². The van der Waals surface area contributed by atoms with Gasteiger partial charge in [0.15, 0.2) is 5.82 Å². The first-order valence-electron chi connectivity index (χ1n) is 7.07. The number of aromatic nitrogens is 5. The zero-order valence-electron chi connectivity index (χ0n) is 12.4. The van der Waals surface area contributed by atoms with Gasteiger partial charge in [0.1, 0.15) is 12.2 Å². The van der Waals surface area contributed by atoms with Crippen molar-refractivity contribution in [2.45, 2.75) is 39.2 Å². The van der Waals surface area contributed by atoms with Crippen LogP contribution in [0.25, 0.3) is 11.0 Å². The van der Waals surface area contributed by atoms with Gasteiger partial charge in [-0.15, -0.1) is 21.8 Å². The highest BCUT2D eigenvalue weighted by molar-refractivity contribution is 6.20. The lowest BCUT2D eigenvalue weighted by molar-refractivity contribution is 0.639. The van der Waals surface area contributed by atoms with Crippen molar-refractivity contribution in [2.24, 2.45) is 0 Å². The number of alkyl halides is 1. The van der Waals surface area contributed by atoms with Gasteiger partial charge in [0.25, 0.3) is 0 Å². The summed E-state index contributed by atoms with van der Waals surface area (Å²) in [6.07, 6.45) is 1.75. The molecule has 6 heteroatoms. The fraction of sp³-hybridized carbons (Fsp3) is 0.400. The fourth-order valence-electron chi connectivity index (χ4n) is 2.53. The Morgan fingerprint density at radius 1 is 1.33 bits per heavy atom. The Bertz CT molecular complexity index is 772. The molecule has 3 rings (SSSR count). The molecule has 1 aromatic carbocycles. The SMILES string of the molecule is CCn1cnnc1Cn1c(C(C)Cl)nc2ccc(C)cc21. The van der Waals surface area contributed by atoms with E-state index >= 15 is 0 Å². The van der Waals surface area contributed by atoms with E-state index in [0.29, 0.717) is 6.54 Å². The molecule has 0 bridgehead atoms. The summed E-state index contributed by atoms with van der Waals surface area (Å²) in [5, 5.41) is 8.05. The summed E-state index contributed by atoms with van der Waals surface area (Å²) in [5.41, 5.74) is 3.25. The van der Waals surface area contributed by atoms with Crippen molar-refractivity contribution in [1.82, 2.24) is 24.3 Å². The molecular formula is C15H18ClN5. The third kappa shape index (κ3) is 2.53. The number of aryl methyl sites for hydroxylation is 2. The molecule has 0 spiro atoms. The smallest absolute Gasteiger partial charge is 0.152 e. The summed E-state index contributed by atoms with van der Waals surface area (Å²) in [5.74, 6) is 1.78. The number of hydrogen-bond donors (Lipinski definition) is 0. The summed E-state index contributed by atoms with van der Waals surface area (Å²) in [6, 6.07) is 6.24. The van der Waals surface area contributed by atoms with Crippen LogP contribution in [0, 0.1) is 6.92 Å². The molecule has 0 N–H and O–H groups in total. The van der Waals surface area contributed by atoms with Crippen molar-refractivity contribution < 1.29 is 0 Å². The van der Waals surface area contributed by atoms with Crippen LogP contribution >= 0.6 is 11.6 Å². The molecule has 0 aliphatic rings. The topological polar surface area (TPSA) is 48.5 Å². The van der Waals surface area contributed by atoms with Gasteiger partial charge in [0.2, 0.25) is 0 Å². The summed E-state index contributed by atoms with van der Waals surface area (Å²) in [7, 11) is 0. The van der Waals surface area contributed by atoms with E-state index in [0.717, 1.165) is 29.2 Å². The van der Waals surface area contributed by atoms with Gasteiger partial charge < -0.3 is 9.13 Å². The predicted octanol–water partition coefficient (Wildman–Crippen LogP) is 3.30. The molecule has 1 unspecified atom stereocenters. The number of halogens is 1. The van der Waals surface area contributed by atoms with Crippen LogP contribution < -0.4 is 0 Å². The van der Waals surface area contributed by atoms with E-state index in [-0.39, 0.29) is 5.38 Å². The van der Waals surface area contributed by atoms with E-state index in [4.69, 9.17) is 11.6 Å². The molecule has 0 saturated heterocycles. The second kappa shape index (κ2) is 5.48. The van der Waals surface area contributed by atoms with Crippen LogP contribution in [0.15, 0.2) is 24.5 Å². The Morgan fingerprint density at radius 2 is 2.14 bits per heavy atom. The molecule has 21 heavy (non-hydrogen) atoms. The first kappa shape index (κ1) is 14.1. The van der Waals surface area contributed by atoms with Gasteiger partial charge in [-0.25, -0.2) is 4.98 Å². The van der Waals surface area contributed by atoms with Crippen LogP contribution in [0.3, 0.4) is 0 Å². The van der Waals surface area contributed by atoms with Gasteiger partial charge in [-0.2, -0.15) is 0 Å². The van der Waals surface area contributed by atoms with Crippen LogP contribution in [0.4, 0.5) is 0 Å². The van der Waals surface area contributed by atoms with E-state index in [1.54, 1.807) is 6.33 Å². The minimum absolute atomic E-state index is 0.157. The van der Waals surface area contributed by atoms with Gasteiger partial charge in [-0.3, -0.25) is 0 Å². The third-order valence-corrected chi connectivity index (χ3v) is 3.82. The summed E-state index contributed by atoms with van der Waals surface area (Å²) in [6.45, 7) is 7.57. The zero-order chi connectivity index (χ0) is 15.0. The van der Waals surface area contributed by atoms with E-state index in [9.17, 15) is 0 Å². The number of fused-ring (bicyclic) bond motifs is 1. The number of benzene rings is 1. The van der Waals surface area contributed by atoms with Crippen LogP contribution in [-0.2, 0) is 13.1 Å². The summed E-state index contributed by atoms with van der Waals surface area (Å²) < 4.78 is 4.17. The maximum atomic E-state index is 6.31. The maximum Gasteiger partial charge on any atom is 0.152 e. The maximum absolute atomic E-state index is 6.31. The normalized spacial score (nSPS) is 13.0.